The van der Waals surface area contributed by atoms with Gasteiger partial charge in [-0.25, -0.2) is 0 Å². The Bertz CT molecular complexity index is 766. The fraction of sp³-hybridized carbons (Fsp3) is 0.474. The Kier molecular flexibility index (Phi) is 4.48. The molecule has 3 fully saturated rings. The molecule has 0 aliphatic carbocycles. The first-order chi connectivity index (χ1) is 12.1. The van der Waals surface area contributed by atoms with Crippen LogP contribution in [0.5, 0.6) is 11.5 Å². The summed E-state index contributed by atoms with van der Waals surface area (Å²) in [4.78, 5) is 20.0. The first-order valence-corrected chi connectivity index (χ1v) is 9.72. The molecule has 3 aliphatic rings. The van der Waals surface area contributed by atoms with Crippen molar-refractivity contribution in [2.75, 3.05) is 13.1 Å². The van der Waals surface area contributed by atoms with Crippen LogP contribution in [0, 0.1) is 12.8 Å². The average Bonchev–Trinajstić information content (AvgIpc) is 3.07. The minimum Gasteiger partial charge on any atom is -0.456 e. The molecule has 0 aromatic carbocycles. The number of aromatic nitrogens is 1. The Morgan fingerprint density at radius 2 is 2.12 bits per heavy atom. The molecule has 132 valence electrons. The topological polar surface area (TPSA) is 54.5 Å². The molecule has 2 unspecified atom stereocenters. The van der Waals surface area contributed by atoms with Gasteiger partial charge in [-0.05, 0) is 51.8 Å². The van der Waals surface area contributed by atoms with Crippen molar-refractivity contribution >= 4 is 17.2 Å². The number of rotatable bonds is 4. The predicted molar refractivity (Wildman–Crippen MR) is 98.4 cm³/mol. The number of thiophene rings is 1. The zero-order valence-electron chi connectivity index (χ0n) is 14.6. The molecule has 0 radical (unpaired) electrons. The number of pyridine rings is 1. The summed E-state index contributed by atoms with van der Waals surface area (Å²) >= 11 is 1.42. The van der Waals surface area contributed by atoms with Crippen molar-refractivity contribution in [1.82, 2.24) is 15.2 Å². The highest BCUT2D eigenvalue weighted by molar-refractivity contribution is 7.12. The second-order valence-corrected chi connectivity index (χ2v) is 7.91. The van der Waals surface area contributed by atoms with Gasteiger partial charge in [0.15, 0.2) is 0 Å². The van der Waals surface area contributed by atoms with Crippen LogP contribution in [0.15, 0.2) is 29.8 Å². The molecule has 2 atom stereocenters. The van der Waals surface area contributed by atoms with E-state index in [9.17, 15) is 4.79 Å². The Balaban J connectivity index is 1.42. The molecule has 2 bridgehead atoms. The molecule has 1 N–H and O–H groups in total. The number of piperidine rings is 3. The van der Waals surface area contributed by atoms with Gasteiger partial charge in [-0.1, -0.05) is 0 Å². The molecule has 0 spiro atoms. The lowest BCUT2D eigenvalue weighted by Crippen LogP contribution is -2.62. The van der Waals surface area contributed by atoms with E-state index >= 15 is 0 Å². The van der Waals surface area contributed by atoms with Crippen LogP contribution in [0.2, 0.25) is 0 Å². The first-order valence-electron chi connectivity index (χ1n) is 8.84. The number of fused-ring (bicyclic) bond motifs is 3. The van der Waals surface area contributed by atoms with E-state index in [1.807, 2.05) is 30.5 Å². The number of hydrogen-bond acceptors (Lipinski definition) is 5. The number of nitrogens with zero attached hydrogens (tertiary/aromatic N) is 2. The first kappa shape index (κ1) is 16.5. The number of carbonyl (C=O) groups excluding carboxylic acids is 1. The summed E-state index contributed by atoms with van der Waals surface area (Å²) in [7, 11) is 0. The molecule has 3 saturated heterocycles. The Morgan fingerprint density at radius 1 is 1.32 bits per heavy atom. The van der Waals surface area contributed by atoms with Crippen LogP contribution in [-0.4, -0.2) is 41.0 Å². The van der Waals surface area contributed by atoms with Crippen molar-refractivity contribution in [3.8, 4) is 11.5 Å². The fourth-order valence-corrected chi connectivity index (χ4v) is 4.69. The van der Waals surface area contributed by atoms with Gasteiger partial charge < -0.3 is 10.1 Å². The second kappa shape index (κ2) is 6.77. The highest BCUT2D eigenvalue weighted by atomic mass is 32.1. The molecule has 2 aromatic heterocycles. The van der Waals surface area contributed by atoms with E-state index in [1.54, 1.807) is 6.20 Å². The third kappa shape index (κ3) is 3.41. The molecule has 5 nitrogen and oxygen atoms in total. The summed E-state index contributed by atoms with van der Waals surface area (Å²) in [5, 5.41) is 5.15. The van der Waals surface area contributed by atoms with Crippen molar-refractivity contribution in [3.05, 3.63) is 40.3 Å². The summed E-state index contributed by atoms with van der Waals surface area (Å²) in [6.45, 7) is 6.49. The number of nitrogens with one attached hydrogen (secondary N) is 1. The lowest BCUT2D eigenvalue weighted by molar-refractivity contribution is 0.0218. The summed E-state index contributed by atoms with van der Waals surface area (Å²) in [5.74, 6) is 2.06. The van der Waals surface area contributed by atoms with E-state index in [0.29, 0.717) is 22.6 Å². The van der Waals surface area contributed by atoms with Crippen LogP contribution in [0.4, 0.5) is 0 Å². The quantitative estimate of drug-likeness (QED) is 0.910. The largest absolute Gasteiger partial charge is 0.456 e. The van der Waals surface area contributed by atoms with Crippen molar-refractivity contribution in [1.29, 1.82) is 0 Å². The smallest absolute Gasteiger partial charge is 0.261 e. The second-order valence-electron chi connectivity index (χ2n) is 6.99. The Morgan fingerprint density at radius 3 is 2.84 bits per heavy atom. The van der Waals surface area contributed by atoms with Crippen molar-refractivity contribution in [3.63, 3.8) is 0 Å². The molecule has 3 aliphatic heterocycles. The molecular weight excluding hydrogens is 334 g/mol. The third-order valence-corrected chi connectivity index (χ3v) is 6.29. The maximum Gasteiger partial charge on any atom is 0.261 e. The van der Waals surface area contributed by atoms with Gasteiger partial charge in [0.25, 0.3) is 5.91 Å². The van der Waals surface area contributed by atoms with Crippen molar-refractivity contribution < 1.29 is 9.53 Å². The summed E-state index contributed by atoms with van der Waals surface area (Å²) < 4.78 is 5.83. The van der Waals surface area contributed by atoms with Crippen LogP contribution in [0.1, 0.15) is 35.1 Å². The normalized spacial score (nSPS) is 27.9. The highest BCUT2D eigenvalue weighted by Crippen LogP contribution is 2.33. The Labute approximate surface area is 152 Å². The molecule has 5 heterocycles. The maximum absolute atomic E-state index is 12.7. The van der Waals surface area contributed by atoms with Crippen LogP contribution < -0.4 is 10.1 Å². The van der Waals surface area contributed by atoms with Crippen LogP contribution in [0.3, 0.4) is 0 Å². The molecule has 0 saturated carbocycles. The van der Waals surface area contributed by atoms with E-state index in [4.69, 9.17) is 4.74 Å². The van der Waals surface area contributed by atoms with Crippen LogP contribution in [-0.2, 0) is 0 Å². The van der Waals surface area contributed by atoms with Crippen LogP contribution >= 0.6 is 11.3 Å². The van der Waals surface area contributed by atoms with Gasteiger partial charge in [0.2, 0.25) is 0 Å². The molecule has 25 heavy (non-hydrogen) atoms. The third-order valence-electron chi connectivity index (χ3n) is 5.38. The van der Waals surface area contributed by atoms with Gasteiger partial charge in [-0.15, -0.1) is 11.3 Å². The lowest BCUT2D eigenvalue weighted by atomic mass is 9.79. The van der Waals surface area contributed by atoms with E-state index in [1.165, 1.54) is 37.3 Å². The maximum atomic E-state index is 12.7. The summed E-state index contributed by atoms with van der Waals surface area (Å²) in [5.41, 5.74) is 0.905. The zero-order chi connectivity index (χ0) is 17.4. The van der Waals surface area contributed by atoms with E-state index in [0.717, 1.165) is 11.4 Å². The highest BCUT2D eigenvalue weighted by Gasteiger charge is 2.40. The average molecular weight is 357 g/mol. The summed E-state index contributed by atoms with van der Waals surface area (Å²) in [6.07, 6.45) is 4.10. The van der Waals surface area contributed by atoms with Crippen LogP contribution in [0.25, 0.3) is 0 Å². The monoisotopic (exact) mass is 357 g/mol. The SMILES string of the molecule is Cc1cc(Oc2csc(C(=O)NC3C4CCN(CC4)C3C)c2)ccn1. The van der Waals surface area contributed by atoms with E-state index < -0.39 is 0 Å². The predicted octanol–water partition coefficient (Wildman–Crippen LogP) is 3.46. The van der Waals surface area contributed by atoms with E-state index in [2.05, 4.69) is 22.1 Å². The van der Waals surface area contributed by atoms with Gasteiger partial charge in [0.05, 0.1) is 4.88 Å². The lowest BCUT2D eigenvalue weighted by Gasteiger charge is -2.49. The standard InChI is InChI=1S/C19H23N3O2S/c1-12-9-15(3-6-20-12)24-16-10-17(25-11-16)19(23)21-18-13(2)22-7-4-14(18)5-8-22/h3,6,9-11,13-14,18H,4-5,7-8H2,1-2H3,(H,21,23). The number of carbonyl (C=O) groups is 1. The van der Waals surface area contributed by atoms with Crippen molar-refractivity contribution in [2.24, 2.45) is 5.92 Å². The zero-order valence-corrected chi connectivity index (χ0v) is 15.4. The van der Waals surface area contributed by atoms with E-state index in [-0.39, 0.29) is 11.9 Å². The summed E-state index contributed by atoms with van der Waals surface area (Å²) in [6, 6.07) is 6.20. The molecule has 2 aromatic rings. The minimum atomic E-state index is 0.0105. The number of hydrogen-bond donors (Lipinski definition) is 1. The number of aryl methyl sites for hydroxylation is 1. The Hall–Kier alpha value is -1.92. The van der Waals surface area contributed by atoms with Gasteiger partial charge in [-0.3, -0.25) is 14.7 Å². The van der Waals surface area contributed by atoms with Gasteiger partial charge in [0.1, 0.15) is 11.5 Å². The van der Waals surface area contributed by atoms with Crippen molar-refractivity contribution in [2.45, 2.75) is 38.8 Å². The minimum absolute atomic E-state index is 0.0105. The molecule has 1 amide bonds. The fourth-order valence-electron chi connectivity index (χ4n) is 3.98. The van der Waals surface area contributed by atoms with Gasteiger partial charge >= 0.3 is 0 Å². The number of amides is 1. The number of ether oxygens (including phenoxy) is 1. The molecule has 5 rings (SSSR count). The van der Waals surface area contributed by atoms with Gasteiger partial charge in [0, 0.05) is 41.5 Å². The molecular formula is C19H23N3O2S. The molecule has 6 heteroatoms. The van der Waals surface area contributed by atoms with Gasteiger partial charge in [-0.2, -0.15) is 0 Å².